The van der Waals surface area contributed by atoms with E-state index in [4.69, 9.17) is 5.73 Å². The zero-order chi connectivity index (χ0) is 13.1. The second-order valence-corrected chi connectivity index (χ2v) is 6.45. The highest BCUT2D eigenvalue weighted by Crippen LogP contribution is 2.34. The van der Waals surface area contributed by atoms with Crippen molar-refractivity contribution in [2.45, 2.75) is 39.2 Å². The number of hydrogen-bond donors (Lipinski definition) is 1. The summed E-state index contributed by atoms with van der Waals surface area (Å²) in [5.41, 5.74) is 8.27. The van der Waals surface area contributed by atoms with Gasteiger partial charge in [-0.05, 0) is 49.4 Å². The summed E-state index contributed by atoms with van der Waals surface area (Å²) in [6.07, 6.45) is 3.62. The number of hydrogen-bond acceptors (Lipinski definition) is 2. The normalized spacial score (nSPS) is 15.2. The summed E-state index contributed by atoms with van der Waals surface area (Å²) < 4.78 is 1.19. The van der Waals surface area contributed by atoms with Crippen molar-refractivity contribution in [2.75, 3.05) is 18.0 Å². The van der Waals surface area contributed by atoms with Crippen LogP contribution in [-0.2, 0) is 6.42 Å². The lowest BCUT2D eigenvalue weighted by atomic mass is 10.1. The standard InChI is InChI=1S/C15H23BrN2/c1-11(2)10-18(13-5-6-13)14-4-3-12(7-8-17)15(16)9-14/h3-4,9,11,13H,5-8,10,17H2,1-2H3. The minimum absolute atomic E-state index is 0.702. The van der Waals surface area contributed by atoms with Gasteiger partial charge in [0.05, 0.1) is 0 Å². The molecule has 2 nitrogen and oxygen atoms in total. The average molecular weight is 311 g/mol. The molecule has 100 valence electrons. The smallest absolute Gasteiger partial charge is 0.0380 e. The molecule has 1 saturated carbocycles. The Morgan fingerprint density at radius 2 is 2.11 bits per heavy atom. The molecule has 18 heavy (non-hydrogen) atoms. The third-order valence-corrected chi connectivity index (χ3v) is 4.07. The Labute approximate surface area is 119 Å². The van der Waals surface area contributed by atoms with E-state index in [0.717, 1.165) is 19.0 Å². The van der Waals surface area contributed by atoms with Gasteiger partial charge in [-0.1, -0.05) is 35.8 Å². The van der Waals surface area contributed by atoms with E-state index in [0.29, 0.717) is 12.5 Å². The summed E-state index contributed by atoms with van der Waals surface area (Å²) in [6, 6.07) is 7.48. The second kappa shape index (κ2) is 6.07. The molecule has 1 fully saturated rings. The van der Waals surface area contributed by atoms with Gasteiger partial charge >= 0.3 is 0 Å². The summed E-state index contributed by atoms with van der Waals surface area (Å²) in [7, 11) is 0. The Bertz CT molecular complexity index is 399. The van der Waals surface area contributed by atoms with Crippen molar-refractivity contribution in [1.82, 2.24) is 0 Å². The Kier molecular flexibility index (Phi) is 4.68. The molecule has 0 heterocycles. The van der Waals surface area contributed by atoms with Gasteiger partial charge in [0.2, 0.25) is 0 Å². The third-order valence-electron chi connectivity index (χ3n) is 3.33. The average Bonchev–Trinajstić information content (AvgIpc) is 3.13. The fourth-order valence-corrected chi connectivity index (χ4v) is 2.88. The molecule has 2 rings (SSSR count). The quantitative estimate of drug-likeness (QED) is 0.870. The van der Waals surface area contributed by atoms with Gasteiger partial charge in [-0.15, -0.1) is 0 Å². The van der Waals surface area contributed by atoms with E-state index in [1.807, 2.05) is 0 Å². The summed E-state index contributed by atoms with van der Waals surface area (Å²) in [5, 5.41) is 0. The van der Waals surface area contributed by atoms with E-state index in [2.05, 4.69) is 52.9 Å². The van der Waals surface area contributed by atoms with Gasteiger partial charge in [0.15, 0.2) is 0 Å². The highest BCUT2D eigenvalue weighted by atomic mass is 79.9. The highest BCUT2D eigenvalue weighted by molar-refractivity contribution is 9.10. The maximum atomic E-state index is 5.62. The van der Waals surface area contributed by atoms with Gasteiger partial charge < -0.3 is 10.6 Å². The first-order valence-electron chi connectivity index (χ1n) is 6.87. The lowest BCUT2D eigenvalue weighted by Gasteiger charge is -2.27. The molecule has 0 amide bonds. The summed E-state index contributed by atoms with van der Waals surface area (Å²) >= 11 is 3.67. The molecule has 0 unspecified atom stereocenters. The van der Waals surface area contributed by atoms with Crippen LogP contribution in [0.3, 0.4) is 0 Å². The van der Waals surface area contributed by atoms with Crippen LogP contribution in [-0.4, -0.2) is 19.1 Å². The molecule has 3 heteroatoms. The van der Waals surface area contributed by atoms with Crippen molar-refractivity contribution in [3.63, 3.8) is 0 Å². The predicted molar refractivity (Wildman–Crippen MR) is 82.1 cm³/mol. The fraction of sp³-hybridized carbons (Fsp3) is 0.600. The first-order chi connectivity index (χ1) is 8.61. The molecule has 0 atom stereocenters. The number of rotatable bonds is 6. The first-order valence-corrected chi connectivity index (χ1v) is 7.66. The zero-order valence-electron chi connectivity index (χ0n) is 11.3. The molecular weight excluding hydrogens is 288 g/mol. The van der Waals surface area contributed by atoms with Gasteiger partial charge in [0, 0.05) is 22.7 Å². The molecule has 1 aromatic rings. The molecule has 1 aromatic carbocycles. The van der Waals surface area contributed by atoms with Crippen molar-refractivity contribution < 1.29 is 0 Å². The number of anilines is 1. The molecule has 1 aliphatic carbocycles. The molecule has 0 bridgehead atoms. The Morgan fingerprint density at radius 3 is 2.61 bits per heavy atom. The Balaban J connectivity index is 2.17. The number of benzene rings is 1. The third kappa shape index (κ3) is 3.48. The molecule has 0 spiro atoms. The number of nitrogens with zero attached hydrogens (tertiary/aromatic N) is 1. The maximum absolute atomic E-state index is 5.62. The van der Waals surface area contributed by atoms with Crippen LogP contribution in [0.2, 0.25) is 0 Å². The maximum Gasteiger partial charge on any atom is 0.0380 e. The summed E-state index contributed by atoms with van der Waals surface area (Å²) in [6.45, 7) is 6.42. The van der Waals surface area contributed by atoms with Crippen LogP contribution in [0.4, 0.5) is 5.69 Å². The van der Waals surface area contributed by atoms with Crippen LogP contribution in [0, 0.1) is 5.92 Å². The second-order valence-electron chi connectivity index (χ2n) is 5.59. The van der Waals surface area contributed by atoms with Crippen LogP contribution in [0.5, 0.6) is 0 Å². The largest absolute Gasteiger partial charge is 0.368 e. The lowest BCUT2D eigenvalue weighted by molar-refractivity contribution is 0.607. The fourth-order valence-electron chi connectivity index (χ4n) is 2.32. The van der Waals surface area contributed by atoms with E-state index in [9.17, 15) is 0 Å². The van der Waals surface area contributed by atoms with Crippen LogP contribution < -0.4 is 10.6 Å². The molecule has 0 aromatic heterocycles. The molecular formula is C15H23BrN2. The van der Waals surface area contributed by atoms with Gasteiger partial charge in [0.1, 0.15) is 0 Å². The lowest BCUT2D eigenvalue weighted by Crippen LogP contribution is -2.29. The van der Waals surface area contributed by atoms with Crippen LogP contribution in [0.25, 0.3) is 0 Å². The van der Waals surface area contributed by atoms with Crippen molar-refractivity contribution >= 4 is 21.6 Å². The zero-order valence-corrected chi connectivity index (χ0v) is 12.9. The van der Waals surface area contributed by atoms with Crippen molar-refractivity contribution in [3.8, 4) is 0 Å². The molecule has 0 aliphatic heterocycles. The van der Waals surface area contributed by atoms with E-state index < -0.39 is 0 Å². The minimum Gasteiger partial charge on any atom is -0.368 e. The van der Waals surface area contributed by atoms with Crippen LogP contribution >= 0.6 is 15.9 Å². The molecule has 0 saturated heterocycles. The van der Waals surface area contributed by atoms with E-state index in [-0.39, 0.29) is 0 Å². The first kappa shape index (κ1) is 13.9. The summed E-state index contributed by atoms with van der Waals surface area (Å²) in [5.74, 6) is 0.702. The van der Waals surface area contributed by atoms with Gasteiger partial charge in [-0.25, -0.2) is 0 Å². The summed E-state index contributed by atoms with van der Waals surface area (Å²) in [4.78, 5) is 2.56. The van der Waals surface area contributed by atoms with Crippen LogP contribution in [0.1, 0.15) is 32.3 Å². The van der Waals surface area contributed by atoms with Crippen LogP contribution in [0.15, 0.2) is 22.7 Å². The van der Waals surface area contributed by atoms with Gasteiger partial charge in [-0.2, -0.15) is 0 Å². The van der Waals surface area contributed by atoms with E-state index >= 15 is 0 Å². The van der Waals surface area contributed by atoms with E-state index in [1.54, 1.807) is 0 Å². The Hall–Kier alpha value is -0.540. The molecule has 2 N–H and O–H groups in total. The molecule has 0 radical (unpaired) electrons. The van der Waals surface area contributed by atoms with Crippen molar-refractivity contribution in [2.24, 2.45) is 11.7 Å². The SMILES string of the molecule is CC(C)CN(c1ccc(CCN)c(Br)c1)C1CC1. The predicted octanol–water partition coefficient (Wildman–Crippen LogP) is 3.58. The number of halogens is 1. The minimum atomic E-state index is 0.702. The highest BCUT2D eigenvalue weighted by Gasteiger charge is 2.29. The van der Waals surface area contributed by atoms with Gasteiger partial charge in [-0.3, -0.25) is 0 Å². The number of nitrogens with two attached hydrogens (primary N) is 1. The topological polar surface area (TPSA) is 29.3 Å². The monoisotopic (exact) mass is 310 g/mol. The molecule has 1 aliphatic rings. The van der Waals surface area contributed by atoms with Crippen molar-refractivity contribution in [3.05, 3.63) is 28.2 Å². The van der Waals surface area contributed by atoms with Gasteiger partial charge in [0.25, 0.3) is 0 Å². The van der Waals surface area contributed by atoms with Crippen molar-refractivity contribution in [1.29, 1.82) is 0 Å². The van der Waals surface area contributed by atoms with E-state index in [1.165, 1.54) is 28.6 Å². The Morgan fingerprint density at radius 1 is 1.39 bits per heavy atom.